The molecule has 202 valence electrons. The first-order valence-electron chi connectivity index (χ1n) is 12.2. The summed E-state index contributed by atoms with van der Waals surface area (Å²) in [5.74, 6) is -2.03. The average molecular weight is 557 g/mol. The lowest BCUT2D eigenvalue weighted by atomic mass is 10.0. The van der Waals surface area contributed by atoms with Crippen molar-refractivity contribution >= 4 is 52.4 Å². The zero-order valence-electron chi connectivity index (χ0n) is 21.7. The summed E-state index contributed by atoms with van der Waals surface area (Å²) >= 11 is 5.94. The van der Waals surface area contributed by atoms with Gasteiger partial charge in [0.05, 0.1) is 11.1 Å². The lowest BCUT2D eigenvalue weighted by molar-refractivity contribution is -0.130. The van der Waals surface area contributed by atoms with Gasteiger partial charge < -0.3 is 15.3 Å². The number of likely N-dealkylation sites (N-methyl/N-ethyl adjacent to an activating group) is 1. The van der Waals surface area contributed by atoms with Gasteiger partial charge in [0.25, 0.3) is 5.91 Å². The molecule has 40 heavy (non-hydrogen) atoms. The SMILES string of the molecule is CN(C)C(=O)[C@H](Cc1ccc(O)cc1)NC(=O)c1cc(C(=O)N=O)c2cc(/C=C/c3ccc(Cl)cc3)ccc2n1. The van der Waals surface area contributed by atoms with Crippen LogP contribution in [-0.2, 0) is 11.2 Å². The molecule has 0 radical (unpaired) electrons. The number of phenols is 1. The van der Waals surface area contributed by atoms with Crippen LogP contribution in [0.25, 0.3) is 23.1 Å². The normalized spacial score (nSPS) is 11.8. The Balaban J connectivity index is 1.66. The molecule has 0 aliphatic carbocycles. The summed E-state index contributed by atoms with van der Waals surface area (Å²) in [6.45, 7) is 0. The highest BCUT2D eigenvalue weighted by atomic mass is 35.5. The maximum Gasteiger partial charge on any atom is 0.317 e. The van der Waals surface area contributed by atoms with Crippen molar-refractivity contribution in [3.05, 3.63) is 111 Å². The molecule has 0 aliphatic rings. The quantitative estimate of drug-likeness (QED) is 0.229. The maximum absolute atomic E-state index is 13.3. The predicted molar refractivity (Wildman–Crippen MR) is 154 cm³/mol. The standard InChI is InChI=1S/C30H25ClN4O5/c1-35(2)30(39)27(16-20-7-12-22(36)13-8-20)33-29(38)26-17-24(28(37)34-40)23-15-19(9-14-25(23)32-26)4-3-18-5-10-21(31)11-6-18/h3-15,17,27,36H,16H2,1-2H3,(H,33,38)/b4-3+/t27-/m0/s1. The van der Waals surface area contributed by atoms with Gasteiger partial charge in [-0.2, -0.15) is 0 Å². The molecule has 0 bridgehead atoms. The summed E-state index contributed by atoms with van der Waals surface area (Å²) < 4.78 is 0. The van der Waals surface area contributed by atoms with E-state index in [1.807, 2.05) is 24.3 Å². The maximum atomic E-state index is 13.3. The third-order valence-corrected chi connectivity index (χ3v) is 6.39. The van der Waals surface area contributed by atoms with Crippen LogP contribution < -0.4 is 5.32 Å². The van der Waals surface area contributed by atoms with Gasteiger partial charge in [0.15, 0.2) is 0 Å². The van der Waals surface area contributed by atoms with Crippen LogP contribution in [0.2, 0.25) is 5.02 Å². The molecule has 9 nitrogen and oxygen atoms in total. The molecule has 0 unspecified atom stereocenters. The van der Waals surface area contributed by atoms with Crippen molar-refractivity contribution in [3.63, 3.8) is 0 Å². The number of pyridine rings is 1. The lowest BCUT2D eigenvalue weighted by Crippen LogP contribution is -2.47. The Morgan fingerprint density at radius 3 is 2.27 bits per heavy atom. The second-order valence-electron chi connectivity index (χ2n) is 9.24. The number of rotatable bonds is 8. The number of amides is 3. The molecule has 0 saturated heterocycles. The topological polar surface area (TPSA) is 129 Å². The fourth-order valence-electron chi connectivity index (χ4n) is 4.07. The number of hydrogen-bond acceptors (Lipinski definition) is 6. The van der Waals surface area contributed by atoms with Gasteiger partial charge in [-0.1, -0.05) is 54.1 Å². The fraction of sp³-hybridized carbons (Fsp3) is 0.133. The molecular weight excluding hydrogens is 532 g/mol. The molecule has 3 amide bonds. The number of nitrogens with zero attached hydrogens (tertiary/aromatic N) is 3. The van der Waals surface area contributed by atoms with Gasteiger partial charge >= 0.3 is 5.91 Å². The van der Waals surface area contributed by atoms with Gasteiger partial charge in [0.1, 0.15) is 17.5 Å². The first-order valence-corrected chi connectivity index (χ1v) is 12.6. The van der Waals surface area contributed by atoms with Crippen LogP contribution in [0.5, 0.6) is 5.75 Å². The number of hydrogen-bond donors (Lipinski definition) is 2. The minimum Gasteiger partial charge on any atom is -0.508 e. The molecule has 1 aromatic heterocycles. The molecule has 0 saturated carbocycles. The van der Waals surface area contributed by atoms with Crippen LogP contribution in [0.15, 0.2) is 78.0 Å². The highest BCUT2D eigenvalue weighted by Crippen LogP contribution is 2.23. The number of carbonyl (C=O) groups excluding carboxylic acids is 3. The summed E-state index contributed by atoms with van der Waals surface area (Å²) in [4.78, 5) is 55.5. The van der Waals surface area contributed by atoms with Crippen LogP contribution >= 0.6 is 11.6 Å². The van der Waals surface area contributed by atoms with E-state index < -0.39 is 17.9 Å². The number of carbonyl (C=O) groups is 3. The van der Waals surface area contributed by atoms with Gasteiger partial charge in [-0.05, 0) is 59.2 Å². The number of aromatic hydroxyl groups is 1. The minimum absolute atomic E-state index is 0.0771. The van der Waals surface area contributed by atoms with Crippen molar-refractivity contribution in [1.29, 1.82) is 0 Å². The van der Waals surface area contributed by atoms with Crippen molar-refractivity contribution in [2.45, 2.75) is 12.5 Å². The number of benzene rings is 3. The number of phenolic OH excluding ortho intramolecular Hbond substituents is 1. The monoisotopic (exact) mass is 556 g/mol. The summed E-state index contributed by atoms with van der Waals surface area (Å²) in [5, 5.41) is 15.8. The van der Waals surface area contributed by atoms with Gasteiger partial charge in [-0.3, -0.25) is 14.4 Å². The van der Waals surface area contributed by atoms with Crippen molar-refractivity contribution in [2.75, 3.05) is 14.1 Å². The largest absolute Gasteiger partial charge is 0.508 e. The van der Waals surface area contributed by atoms with Gasteiger partial charge in [-0.25, -0.2) is 4.98 Å². The van der Waals surface area contributed by atoms with E-state index in [4.69, 9.17) is 11.6 Å². The highest BCUT2D eigenvalue weighted by Gasteiger charge is 2.25. The Bertz CT molecular complexity index is 1620. The number of aromatic nitrogens is 1. The van der Waals surface area contributed by atoms with Crippen LogP contribution in [-0.4, -0.2) is 52.8 Å². The Hall–Kier alpha value is -4.89. The zero-order chi connectivity index (χ0) is 28.8. The van der Waals surface area contributed by atoms with Crippen molar-refractivity contribution < 1.29 is 19.5 Å². The van der Waals surface area contributed by atoms with E-state index >= 15 is 0 Å². The smallest absolute Gasteiger partial charge is 0.317 e. The Morgan fingerprint density at radius 2 is 1.62 bits per heavy atom. The number of halogens is 1. The van der Waals surface area contributed by atoms with Crippen LogP contribution in [0.1, 0.15) is 37.5 Å². The molecule has 1 heterocycles. The lowest BCUT2D eigenvalue weighted by Gasteiger charge is -2.22. The average Bonchev–Trinajstić information content (AvgIpc) is 2.96. The third-order valence-electron chi connectivity index (χ3n) is 6.14. The molecule has 0 fully saturated rings. The van der Waals surface area contributed by atoms with Gasteiger partial charge in [0.2, 0.25) is 5.91 Å². The molecule has 4 aromatic rings. The third kappa shape index (κ3) is 6.75. The highest BCUT2D eigenvalue weighted by molar-refractivity contribution is 6.30. The summed E-state index contributed by atoms with van der Waals surface area (Å²) in [7, 11) is 3.14. The van der Waals surface area contributed by atoms with Gasteiger partial charge in [0, 0.05) is 36.1 Å². The molecule has 1 atom stereocenters. The predicted octanol–water partition coefficient (Wildman–Crippen LogP) is 5.10. The summed E-state index contributed by atoms with van der Waals surface area (Å²) in [5.41, 5.74) is 2.43. The van der Waals surface area contributed by atoms with E-state index in [2.05, 4.69) is 15.5 Å². The molecule has 3 aromatic carbocycles. The number of nitrogens with one attached hydrogen (secondary N) is 1. The number of nitroso groups, excluding NO2 is 1. The van der Waals surface area contributed by atoms with E-state index in [9.17, 15) is 24.4 Å². The molecule has 2 N–H and O–H groups in total. The molecule has 0 aliphatic heterocycles. The van der Waals surface area contributed by atoms with Crippen LogP contribution in [0.3, 0.4) is 0 Å². The van der Waals surface area contributed by atoms with E-state index in [-0.39, 0.29) is 29.3 Å². The Kier molecular flexibility index (Phi) is 8.66. The van der Waals surface area contributed by atoms with E-state index in [1.54, 1.807) is 56.6 Å². The van der Waals surface area contributed by atoms with Crippen molar-refractivity contribution in [2.24, 2.45) is 5.18 Å². The molecule has 4 rings (SSSR count). The van der Waals surface area contributed by atoms with Crippen LogP contribution in [0, 0.1) is 4.91 Å². The number of fused-ring (bicyclic) bond motifs is 1. The first-order chi connectivity index (χ1) is 19.1. The van der Waals surface area contributed by atoms with E-state index in [0.717, 1.165) is 11.1 Å². The van der Waals surface area contributed by atoms with E-state index in [1.165, 1.54) is 23.1 Å². The van der Waals surface area contributed by atoms with E-state index in [0.29, 0.717) is 21.5 Å². The summed E-state index contributed by atoms with van der Waals surface area (Å²) in [6, 6.07) is 18.8. The minimum atomic E-state index is -1.05. The summed E-state index contributed by atoms with van der Waals surface area (Å²) in [6.07, 6.45) is 3.84. The molecular formula is C30H25ClN4O5. The first kappa shape index (κ1) is 28.1. The fourth-order valence-corrected chi connectivity index (χ4v) is 4.19. The second-order valence-corrected chi connectivity index (χ2v) is 9.68. The van der Waals surface area contributed by atoms with Crippen LogP contribution in [0.4, 0.5) is 0 Å². The van der Waals surface area contributed by atoms with Crippen molar-refractivity contribution in [1.82, 2.24) is 15.2 Å². The Morgan fingerprint density at radius 1 is 0.975 bits per heavy atom. The Labute approximate surface area is 235 Å². The molecule has 10 heteroatoms. The van der Waals surface area contributed by atoms with Gasteiger partial charge in [-0.15, -0.1) is 4.91 Å². The molecule has 0 spiro atoms. The van der Waals surface area contributed by atoms with Crippen molar-refractivity contribution in [3.8, 4) is 5.75 Å². The zero-order valence-corrected chi connectivity index (χ0v) is 22.4. The second kappa shape index (κ2) is 12.3.